The van der Waals surface area contributed by atoms with Crippen LogP contribution in [-0.2, 0) is 0 Å². The average Bonchev–Trinajstić information content (AvgIpc) is 1.75. The third-order valence-corrected chi connectivity index (χ3v) is 0.545. The van der Waals surface area contributed by atoms with Crippen LogP contribution in [0, 0.1) is 0 Å². The van der Waals surface area contributed by atoms with Gasteiger partial charge in [-0.05, 0) is 0 Å². The van der Waals surface area contributed by atoms with E-state index in [9.17, 15) is 0 Å². The van der Waals surface area contributed by atoms with Gasteiger partial charge in [-0.1, -0.05) is 0 Å². The van der Waals surface area contributed by atoms with E-state index in [1.165, 1.54) is 0 Å². The summed E-state index contributed by atoms with van der Waals surface area (Å²) in [6.07, 6.45) is 0. The standard InChI is InChI=1S/C3H2Cl/c4-3-1-2-3/h1-2H/q+1. The lowest BCUT2D eigenvalue weighted by atomic mass is 11.2. The maximum atomic E-state index is 5.19. The molecule has 0 saturated heterocycles. The summed E-state index contributed by atoms with van der Waals surface area (Å²) in [5.74, 6) is 0. The lowest BCUT2D eigenvalue weighted by Gasteiger charge is -1.18. The summed E-state index contributed by atoms with van der Waals surface area (Å²) in [5, 5.41) is 0.889. The van der Waals surface area contributed by atoms with Crippen molar-refractivity contribution in [3.05, 3.63) is 17.2 Å². The van der Waals surface area contributed by atoms with Crippen molar-refractivity contribution >= 4 is 11.6 Å². The first-order chi connectivity index (χ1) is 1.89. The molecule has 1 rings (SSSR count). The van der Waals surface area contributed by atoms with Gasteiger partial charge in [-0.15, -0.1) is 0 Å². The summed E-state index contributed by atoms with van der Waals surface area (Å²) in [7, 11) is 0. The van der Waals surface area contributed by atoms with Gasteiger partial charge in [0.25, 0.3) is 5.02 Å². The molecule has 1 aromatic rings. The van der Waals surface area contributed by atoms with Crippen LogP contribution in [0.4, 0.5) is 0 Å². The molecule has 0 heterocycles. The van der Waals surface area contributed by atoms with Crippen molar-refractivity contribution < 1.29 is 0 Å². The summed E-state index contributed by atoms with van der Waals surface area (Å²) in [5.41, 5.74) is 0. The fraction of sp³-hybridized carbons (Fsp3) is 0. The van der Waals surface area contributed by atoms with Crippen molar-refractivity contribution in [2.45, 2.75) is 0 Å². The van der Waals surface area contributed by atoms with Gasteiger partial charge < -0.3 is 0 Å². The Kier molecular flexibility index (Phi) is 0.235. The largest absolute Gasteiger partial charge is 0.254 e. The molecule has 0 bridgehead atoms. The van der Waals surface area contributed by atoms with Gasteiger partial charge in [-0.2, -0.15) is 0 Å². The molecule has 0 aliphatic rings. The molecule has 0 N–H and O–H groups in total. The molecule has 1 aromatic carbocycles. The maximum Gasteiger partial charge on any atom is 0.254 e. The zero-order valence-corrected chi connectivity index (χ0v) is 2.79. The smallest absolute Gasteiger partial charge is 0.0319 e. The number of halogens is 1. The predicted molar refractivity (Wildman–Crippen MR) is 18.2 cm³/mol. The fourth-order valence-electron chi connectivity index (χ4n) is 0.0315. The lowest BCUT2D eigenvalue weighted by molar-refractivity contribution is 2.48. The van der Waals surface area contributed by atoms with E-state index in [-0.39, 0.29) is 0 Å². The number of rotatable bonds is 0. The normalized spacial score (nSPS) is 9.25. The molecule has 0 unspecified atom stereocenters. The van der Waals surface area contributed by atoms with Crippen LogP contribution in [0.15, 0.2) is 12.1 Å². The Morgan fingerprint density at radius 1 is 1.50 bits per heavy atom. The van der Waals surface area contributed by atoms with Crippen molar-refractivity contribution in [3.8, 4) is 0 Å². The highest BCUT2D eigenvalue weighted by atomic mass is 35.5. The van der Waals surface area contributed by atoms with E-state index in [1.54, 1.807) is 0 Å². The van der Waals surface area contributed by atoms with Crippen LogP contribution in [0.1, 0.15) is 0 Å². The third kappa shape index (κ3) is 0.183. The molecule has 0 aliphatic heterocycles. The van der Waals surface area contributed by atoms with Crippen LogP contribution < -0.4 is 0 Å². The summed E-state index contributed by atoms with van der Waals surface area (Å²) in [6, 6.07) is 3.70. The fourth-order valence-corrected chi connectivity index (χ4v) is 0.0945. The van der Waals surface area contributed by atoms with E-state index in [0.717, 1.165) is 5.02 Å². The van der Waals surface area contributed by atoms with E-state index in [2.05, 4.69) is 0 Å². The van der Waals surface area contributed by atoms with Crippen molar-refractivity contribution in [1.29, 1.82) is 0 Å². The van der Waals surface area contributed by atoms with Crippen LogP contribution in [0.25, 0.3) is 0 Å². The molecule has 0 aromatic heterocycles. The lowest BCUT2D eigenvalue weighted by Crippen LogP contribution is -1.01. The Balaban J connectivity index is 2.81. The Hall–Kier alpha value is -0.100. The molecule has 0 atom stereocenters. The summed E-state index contributed by atoms with van der Waals surface area (Å²) in [6.45, 7) is 0. The maximum absolute atomic E-state index is 5.19. The second-order valence-corrected chi connectivity index (χ2v) is 1.15. The first-order valence-corrected chi connectivity index (χ1v) is 1.48. The van der Waals surface area contributed by atoms with Gasteiger partial charge in [0.15, 0.2) is 12.1 Å². The van der Waals surface area contributed by atoms with E-state index in [4.69, 9.17) is 11.6 Å². The molecule has 20 valence electrons. The summed E-state index contributed by atoms with van der Waals surface area (Å²) < 4.78 is 0. The second kappa shape index (κ2) is 0.436. The minimum Gasteiger partial charge on any atom is 0.0319 e. The minimum atomic E-state index is 0.889. The molecular formula is C3H2Cl+. The minimum absolute atomic E-state index is 0.889. The van der Waals surface area contributed by atoms with Gasteiger partial charge >= 0.3 is 0 Å². The highest BCUT2D eigenvalue weighted by Crippen LogP contribution is 2.12. The highest BCUT2D eigenvalue weighted by molar-refractivity contribution is 6.32. The monoisotopic (exact) mass is 73.0 g/mol. The van der Waals surface area contributed by atoms with E-state index in [1.807, 2.05) is 12.1 Å². The Morgan fingerprint density at radius 3 is 1.75 bits per heavy atom. The van der Waals surface area contributed by atoms with Crippen molar-refractivity contribution in [3.63, 3.8) is 0 Å². The zero-order valence-electron chi connectivity index (χ0n) is 2.03. The van der Waals surface area contributed by atoms with Crippen LogP contribution in [0.2, 0.25) is 5.02 Å². The molecule has 0 aliphatic carbocycles. The van der Waals surface area contributed by atoms with E-state index >= 15 is 0 Å². The number of hydrogen-bond acceptors (Lipinski definition) is 0. The predicted octanol–water partition coefficient (Wildman–Crippen LogP) is 1.50. The van der Waals surface area contributed by atoms with Crippen LogP contribution in [0.3, 0.4) is 0 Å². The third-order valence-electron chi connectivity index (χ3n) is 0.293. The van der Waals surface area contributed by atoms with E-state index < -0.39 is 0 Å². The first kappa shape index (κ1) is 2.16. The van der Waals surface area contributed by atoms with Crippen LogP contribution >= 0.6 is 11.6 Å². The van der Waals surface area contributed by atoms with Gasteiger partial charge in [-0.3, -0.25) is 0 Å². The summed E-state index contributed by atoms with van der Waals surface area (Å²) in [4.78, 5) is 0. The van der Waals surface area contributed by atoms with Gasteiger partial charge in [0, 0.05) is 11.6 Å². The Labute approximate surface area is 29.7 Å². The van der Waals surface area contributed by atoms with Gasteiger partial charge in [0.2, 0.25) is 0 Å². The molecule has 0 fully saturated rings. The van der Waals surface area contributed by atoms with Crippen molar-refractivity contribution in [2.24, 2.45) is 0 Å². The zero-order chi connectivity index (χ0) is 2.99. The quantitative estimate of drug-likeness (QED) is 0.408. The average molecular weight is 73.5 g/mol. The molecule has 0 nitrogen and oxygen atoms in total. The molecule has 0 radical (unpaired) electrons. The molecule has 0 saturated carbocycles. The molecule has 1 heteroatoms. The molecule has 4 heavy (non-hydrogen) atoms. The highest BCUT2D eigenvalue weighted by Gasteiger charge is 2.03. The molecular weight excluding hydrogens is 71.5 g/mol. The Morgan fingerprint density at radius 2 is 1.75 bits per heavy atom. The molecule has 0 spiro atoms. The van der Waals surface area contributed by atoms with E-state index in [0.29, 0.717) is 0 Å². The first-order valence-electron chi connectivity index (χ1n) is 1.10. The van der Waals surface area contributed by atoms with Crippen molar-refractivity contribution in [2.75, 3.05) is 0 Å². The van der Waals surface area contributed by atoms with Gasteiger partial charge in [0.05, 0.1) is 0 Å². The molecule has 0 amide bonds. The second-order valence-electron chi connectivity index (χ2n) is 0.718. The van der Waals surface area contributed by atoms with Crippen LogP contribution in [0.5, 0.6) is 0 Å². The summed E-state index contributed by atoms with van der Waals surface area (Å²) >= 11 is 5.19. The number of hydrogen-bond donors (Lipinski definition) is 0. The van der Waals surface area contributed by atoms with Gasteiger partial charge in [0.1, 0.15) is 0 Å². The Bertz CT molecular complexity index is 61.8. The van der Waals surface area contributed by atoms with Gasteiger partial charge in [-0.25, -0.2) is 0 Å². The van der Waals surface area contributed by atoms with Crippen molar-refractivity contribution in [1.82, 2.24) is 0 Å². The van der Waals surface area contributed by atoms with Crippen LogP contribution in [-0.4, -0.2) is 0 Å². The topological polar surface area (TPSA) is 0 Å². The SMILES string of the molecule is Cl[c+]1cc1.